The largest absolute Gasteiger partial charge is 0.445 e. The number of hydrogen-bond acceptors (Lipinski definition) is 4. The van der Waals surface area contributed by atoms with Crippen LogP contribution in [0.15, 0.2) is 30.3 Å². The van der Waals surface area contributed by atoms with Crippen molar-refractivity contribution in [2.24, 2.45) is 11.7 Å². The number of rotatable bonds is 3. The fourth-order valence-electron chi connectivity index (χ4n) is 2.30. The first kappa shape index (κ1) is 13.8. The average Bonchev–Trinajstić information content (AvgIpc) is 2.45. The molecule has 1 saturated heterocycles. The Labute approximate surface area is 113 Å². The number of β-amino-alcohol motifs (C(OH)–C–C–N with tert-alkyl or cyclic N) is 1. The number of nitrogens with zero attached hydrogens (tertiary/aromatic N) is 1. The van der Waals surface area contributed by atoms with Crippen LogP contribution >= 0.6 is 0 Å². The number of ether oxygens (including phenoxy) is 1. The number of carbonyl (C=O) groups is 1. The van der Waals surface area contributed by atoms with Crippen LogP contribution in [0.4, 0.5) is 4.79 Å². The molecule has 1 aliphatic rings. The molecule has 0 aromatic heterocycles. The van der Waals surface area contributed by atoms with Crippen molar-refractivity contribution in [1.82, 2.24) is 4.90 Å². The molecule has 1 amide bonds. The Balaban J connectivity index is 1.85. The van der Waals surface area contributed by atoms with Crippen LogP contribution < -0.4 is 5.73 Å². The Morgan fingerprint density at radius 3 is 2.79 bits per heavy atom. The lowest BCUT2D eigenvalue weighted by Gasteiger charge is -2.34. The van der Waals surface area contributed by atoms with Crippen LogP contribution in [0.5, 0.6) is 0 Å². The zero-order valence-electron chi connectivity index (χ0n) is 10.9. The van der Waals surface area contributed by atoms with Gasteiger partial charge in [-0.3, -0.25) is 0 Å². The maximum absolute atomic E-state index is 11.9. The Hall–Kier alpha value is -1.59. The molecule has 1 aromatic rings. The van der Waals surface area contributed by atoms with Crippen LogP contribution in [0.25, 0.3) is 0 Å². The van der Waals surface area contributed by atoms with Crippen LogP contribution in [0.1, 0.15) is 12.0 Å². The zero-order chi connectivity index (χ0) is 13.7. The molecule has 104 valence electrons. The fourth-order valence-corrected chi connectivity index (χ4v) is 2.30. The van der Waals surface area contributed by atoms with E-state index < -0.39 is 6.10 Å². The maximum Gasteiger partial charge on any atom is 0.410 e. The normalized spacial score (nSPS) is 23.2. The van der Waals surface area contributed by atoms with Crippen LogP contribution in [0.3, 0.4) is 0 Å². The van der Waals surface area contributed by atoms with Gasteiger partial charge >= 0.3 is 6.09 Å². The second-order valence-corrected chi connectivity index (χ2v) is 4.94. The molecule has 5 heteroatoms. The van der Waals surface area contributed by atoms with E-state index in [0.717, 1.165) is 5.56 Å². The van der Waals surface area contributed by atoms with Gasteiger partial charge in [-0.25, -0.2) is 4.79 Å². The molecular weight excluding hydrogens is 244 g/mol. The fraction of sp³-hybridized carbons (Fsp3) is 0.500. The van der Waals surface area contributed by atoms with E-state index >= 15 is 0 Å². The third kappa shape index (κ3) is 3.94. The molecule has 0 radical (unpaired) electrons. The number of nitrogens with two attached hydrogens (primary N) is 1. The van der Waals surface area contributed by atoms with Gasteiger partial charge in [0.15, 0.2) is 0 Å². The first-order chi connectivity index (χ1) is 9.19. The van der Waals surface area contributed by atoms with E-state index in [2.05, 4.69) is 0 Å². The van der Waals surface area contributed by atoms with Crippen LogP contribution in [-0.4, -0.2) is 41.8 Å². The highest BCUT2D eigenvalue weighted by molar-refractivity contribution is 5.67. The average molecular weight is 264 g/mol. The van der Waals surface area contributed by atoms with Gasteiger partial charge < -0.3 is 20.5 Å². The summed E-state index contributed by atoms with van der Waals surface area (Å²) in [6.45, 7) is 1.60. The SMILES string of the molecule is NC[C@@H]1C[C@@H](O)CN(C(=O)OCc2ccccc2)C1. The van der Waals surface area contributed by atoms with Crippen molar-refractivity contribution in [1.29, 1.82) is 0 Å². The molecule has 2 rings (SSSR count). The number of piperidine rings is 1. The molecule has 0 bridgehead atoms. The van der Waals surface area contributed by atoms with E-state index in [1.165, 1.54) is 4.90 Å². The van der Waals surface area contributed by atoms with Crippen molar-refractivity contribution in [3.63, 3.8) is 0 Å². The van der Waals surface area contributed by atoms with Crippen LogP contribution in [0, 0.1) is 5.92 Å². The summed E-state index contributed by atoms with van der Waals surface area (Å²) in [5.74, 6) is 0.146. The van der Waals surface area contributed by atoms with Gasteiger partial charge in [-0.05, 0) is 24.4 Å². The first-order valence-corrected chi connectivity index (χ1v) is 6.52. The standard InChI is InChI=1S/C14H20N2O3/c15-7-12-6-13(17)9-16(8-12)14(18)19-10-11-4-2-1-3-5-11/h1-5,12-13,17H,6-10,15H2/t12-,13+/m0/s1. The van der Waals surface area contributed by atoms with Crippen molar-refractivity contribution in [2.45, 2.75) is 19.1 Å². The number of aliphatic hydroxyl groups excluding tert-OH is 1. The summed E-state index contributed by atoms with van der Waals surface area (Å²) in [5, 5.41) is 9.71. The van der Waals surface area contributed by atoms with E-state index in [-0.39, 0.29) is 18.6 Å². The minimum Gasteiger partial charge on any atom is -0.445 e. The molecule has 19 heavy (non-hydrogen) atoms. The molecule has 0 aliphatic carbocycles. The summed E-state index contributed by atoms with van der Waals surface area (Å²) in [6, 6.07) is 9.52. The van der Waals surface area contributed by atoms with E-state index in [0.29, 0.717) is 26.1 Å². The highest BCUT2D eigenvalue weighted by Gasteiger charge is 2.28. The Morgan fingerprint density at radius 1 is 1.37 bits per heavy atom. The van der Waals surface area contributed by atoms with Crippen molar-refractivity contribution in [2.75, 3.05) is 19.6 Å². The molecular formula is C14H20N2O3. The van der Waals surface area contributed by atoms with Gasteiger partial charge in [0, 0.05) is 13.1 Å². The van der Waals surface area contributed by atoms with E-state index in [1.54, 1.807) is 0 Å². The lowest BCUT2D eigenvalue weighted by Crippen LogP contribution is -2.48. The van der Waals surface area contributed by atoms with Crippen molar-refractivity contribution < 1.29 is 14.6 Å². The number of aliphatic hydroxyl groups is 1. The topological polar surface area (TPSA) is 75.8 Å². The Morgan fingerprint density at radius 2 is 2.11 bits per heavy atom. The molecule has 1 aliphatic heterocycles. The quantitative estimate of drug-likeness (QED) is 0.852. The molecule has 0 spiro atoms. The second kappa shape index (κ2) is 6.54. The zero-order valence-corrected chi connectivity index (χ0v) is 10.9. The summed E-state index contributed by atoms with van der Waals surface area (Å²) in [4.78, 5) is 13.5. The number of likely N-dealkylation sites (tertiary alicyclic amines) is 1. The van der Waals surface area contributed by atoms with Gasteiger partial charge in [0.05, 0.1) is 6.10 Å². The van der Waals surface area contributed by atoms with Gasteiger partial charge in [-0.15, -0.1) is 0 Å². The predicted molar refractivity (Wildman–Crippen MR) is 71.4 cm³/mol. The maximum atomic E-state index is 11.9. The van der Waals surface area contributed by atoms with E-state index in [9.17, 15) is 9.90 Å². The molecule has 0 unspecified atom stereocenters. The van der Waals surface area contributed by atoms with Gasteiger partial charge in [0.1, 0.15) is 6.61 Å². The number of carbonyl (C=O) groups excluding carboxylic acids is 1. The molecule has 1 fully saturated rings. The highest BCUT2D eigenvalue weighted by Crippen LogP contribution is 2.17. The van der Waals surface area contributed by atoms with E-state index in [1.807, 2.05) is 30.3 Å². The predicted octanol–water partition coefficient (Wildman–Crippen LogP) is 0.965. The van der Waals surface area contributed by atoms with Gasteiger partial charge in [-0.1, -0.05) is 30.3 Å². The Kier molecular flexibility index (Phi) is 4.76. The third-order valence-corrected chi connectivity index (χ3v) is 3.31. The summed E-state index contributed by atoms with van der Waals surface area (Å²) in [7, 11) is 0. The molecule has 5 nitrogen and oxygen atoms in total. The lowest BCUT2D eigenvalue weighted by atomic mass is 9.96. The van der Waals surface area contributed by atoms with Crippen molar-refractivity contribution in [3.8, 4) is 0 Å². The molecule has 0 saturated carbocycles. The van der Waals surface area contributed by atoms with Crippen LogP contribution in [0.2, 0.25) is 0 Å². The Bertz CT molecular complexity index is 410. The number of benzene rings is 1. The van der Waals surface area contributed by atoms with Gasteiger partial charge in [0.2, 0.25) is 0 Å². The number of amides is 1. The van der Waals surface area contributed by atoms with E-state index in [4.69, 9.17) is 10.5 Å². The summed E-state index contributed by atoms with van der Waals surface area (Å²) >= 11 is 0. The van der Waals surface area contributed by atoms with Gasteiger partial charge in [-0.2, -0.15) is 0 Å². The summed E-state index contributed by atoms with van der Waals surface area (Å²) < 4.78 is 5.24. The minimum absolute atomic E-state index is 0.146. The first-order valence-electron chi connectivity index (χ1n) is 6.52. The third-order valence-electron chi connectivity index (χ3n) is 3.31. The smallest absolute Gasteiger partial charge is 0.410 e. The number of hydrogen-bond donors (Lipinski definition) is 2. The monoisotopic (exact) mass is 264 g/mol. The minimum atomic E-state index is -0.508. The van der Waals surface area contributed by atoms with Crippen molar-refractivity contribution >= 4 is 6.09 Å². The lowest BCUT2D eigenvalue weighted by molar-refractivity contribution is 0.0272. The van der Waals surface area contributed by atoms with Gasteiger partial charge in [0.25, 0.3) is 0 Å². The molecule has 3 N–H and O–H groups in total. The molecule has 1 heterocycles. The van der Waals surface area contributed by atoms with Crippen LogP contribution in [-0.2, 0) is 11.3 Å². The second-order valence-electron chi connectivity index (χ2n) is 4.94. The van der Waals surface area contributed by atoms with Crippen molar-refractivity contribution in [3.05, 3.63) is 35.9 Å². The summed E-state index contributed by atoms with van der Waals surface area (Å²) in [5.41, 5.74) is 6.55. The molecule has 2 atom stereocenters. The molecule has 1 aromatic carbocycles. The summed E-state index contributed by atoms with van der Waals surface area (Å²) in [6.07, 6.45) is -0.244. The highest BCUT2D eigenvalue weighted by atomic mass is 16.6.